The van der Waals surface area contributed by atoms with Crippen molar-refractivity contribution >= 4 is 6.29 Å². The molecule has 0 amide bonds. The number of halogens is 3. The van der Waals surface area contributed by atoms with Gasteiger partial charge in [0.1, 0.15) is 6.29 Å². The molecule has 0 aliphatic rings. The average molecular weight is 251 g/mol. The Morgan fingerprint density at radius 2 is 1.72 bits per heavy atom. The summed E-state index contributed by atoms with van der Waals surface area (Å²) in [6.07, 6.45) is -2.25. The van der Waals surface area contributed by atoms with Crippen molar-refractivity contribution in [3.63, 3.8) is 0 Å². The molecule has 5 heteroatoms. The Morgan fingerprint density at radius 1 is 1.06 bits per heavy atom. The van der Waals surface area contributed by atoms with Crippen LogP contribution in [0.3, 0.4) is 0 Å². The molecule has 0 bridgehead atoms. The van der Waals surface area contributed by atoms with Crippen LogP contribution in [0.25, 0.3) is 11.3 Å². The summed E-state index contributed by atoms with van der Waals surface area (Å²) in [6, 6.07) is 7.70. The van der Waals surface area contributed by atoms with Gasteiger partial charge in [-0.05, 0) is 24.3 Å². The molecule has 0 spiro atoms. The normalized spacial score (nSPS) is 11.3. The van der Waals surface area contributed by atoms with E-state index in [2.05, 4.69) is 4.98 Å². The van der Waals surface area contributed by atoms with E-state index in [9.17, 15) is 18.0 Å². The van der Waals surface area contributed by atoms with Crippen LogP contribution in [-0.4, -0.2) is 11.3 Å². The number of aldehydes is 1. The zero-order valence-corrected chi connectivity index (χ0v) is 9.11. The van der Waals surface area contributed by atoms with Crippen LogP contribution in [0.5, 0.6) is 0 Å². The number of alkyl halides is 3. The minimum Gasteiger partial charge on any atom is -0.298 e. The van der Waals surface area contributed by atoms with E-state index >= 15 is 0 Å². The molecule has 0 saturated heterocycles. The zero-order chi connectivity index (χ0) is 13.2. The first kappa shape index (κ1) is 12.3. The summed E-state index contributed by atoms with van der Waals surface area (Å²) >= 11 is 0. The van der Waals surface area contributed by atoms with Gasteiger partial charge in [-0.15, -0.1) is 0 Å². The second kappa shape index (κ2) is 4.60. The summed E-state index contributed by atoms with van der Waals surface area (Å²) in [7, 11) is 0. The monoisotopic (exact) mass is 251 g/mol. The third kappa shape index (κ3) is 2.56. The summed E-state index contributed by atoms with van der Waals surface area (Å²) < 4.78 is 37.1. The molecule has 1 aromatic heterocycles. The highest BCUT2D eigenvalue weighted by Gasteiger charge is 2.29. The van der Waals surface area contributed by atoms with Gasteiger partial charge in [0.15, 0.2) is 0 Å². The van der Waals surface area contributed by atoms with Gasteiger partial charge in [-0.1, -0.05) is 12.1 Å². The Bertz CT molecular complexity index is 561. The van der Waals surface area contributed by atoms with Gasteiger partial charge in [-0.2, -0.15) is 13.2 Å². The summed E-state index contributed by atoms with van der Waals surface area (Å²) in [4.78, 5) is 14.6. The Balaban J connectivity index is 2.37. The van der Waals surface area contributed by atoms with Crippen molar-refractivity contribution in [1.82, 2.24) is 4.98 Å². The van der Waals surface area contributed by atoms with E-state index in [-0.39, 0.29) is 0 Å². The van der Waals surface area contributed by atoms with Crippen molar-refractivity contribution in [2.24, 2.45) is 0 Å². The number of aromatic nitrogens is 1. The molecule has 0 aliphatic heterocycles. The molecule has 0 atom stereocenters. The fourth-order valence-corrected chi connectivity index (χ4v) is 1.51. The Kier molecular flexibility index (Phi) is 3.14. The van der Waals surface area contributed by atoms with Gasteiger partial charge in [-0.25, -0.2) is 0 Å². The van der Waals surface area contributed by atoms with E-state index in [0.717, 1.165) is 12.1 Å². The number of hydrogen-bond donors (Lipinski definition) is 0. The third-order valence-electron chi connectivity index (χ3n) is 2.43. The maximum absolute atomic E-state index is 12.4. The predicted octanol–water partition coefficient (Wildman–Crippen LogP) is 3.58. The molecule has 2 nitrogen and oxygen atoms in total. The van der Waals surface area contributed by atoms with Gasteiger partial charge < -0.3 is 0 Å². The first-order valence-electron chi connectivity index (χ1n) is 5.09. The first-order chi connectivity index (χ1) is 8.50. The Labute approximate surface area is 101 Å². The van der Waals surface area contributed by atoms with Crippen LogP contribution in [0.2, 0.25) is 0 Å². The summed E-state index contributed by atoms with van der Waals surface area (Å²) in [6.45, 7) is 0. The molecular weight excluding hydrogens is 243 g/mol. The van der Waals surface area contributed by atoms with Crippen LogP contribution in [0.4, 0.5) is 13.2 Å². The molecule has 0 radical (unpaired) electrons. The van der Waals surface area contributed by atoms with E-state index < -0.39 is 11.7 Å². The largest absolute Gasteiger partial charge is 0.416 e. The Morgan fingerprint density at radius 3 is 2.28 bits per heavy atom. The number of pyridine rings is 1. The molecule has 0 aliphatic carbocycles. The smallest absolute Gasteiger partial charge is 0.298 e. The number of rotatable bonds is 2. The minimum atomic E-state index is -4.35. The minimum absolute atomic E-state index is 0.430. The Hall–Kier alpha value is -2.17. The van der Waals surface area contributed by atoms with Crippen LogP contribution in [-0.2, 0) is 6.18 Å². The molecule has 1 aromatic carbocycles. The molecule has 0 fully saturated rings. The van der Waals surface area contributed by atoms with Crippen molar-refractivity contribution in [1.29, 1.82) is 0 Å². The molecule has 1 heterocycles. The number of carbonyl (C=O) groups is 1. The molecule has 2 rings (SSSR count). The second-order valence-electron chi connectivity index (χ2n) is 3.67. The lowest BCUT2D eigenvalue weighted by Crippen LogP contribution is -2.04. The van der Waals surface area contributed by atoms with Crippen molar-refractivity contribution in [3.05, 3.63) is 53.7 Å². The SMILES string of the molecule is O=Cc1ccnc(-c2ccc(C(F)(F)F)cc2)c1. The molecule has 0 saturated carbocycles. The predicted molar refractivity (Wildman–Crippen MR) is 60.1 cm³/mol. The fourth-order valence-electron chi connectivity index (χ4n) is 1.51. The topological polar surface area (TPSA) is 30.0 Å². The molecule has 18 heavy (non-hydrogen) atoms. The van der Waals surface area contributed by atoms with Crippen LogP contribution < -0.4 is 0 Å². The standard InChI is InChI=1S/C13H8F3NO/c14-13(15,16)11-3-1-10(2-4-11)12-7-9(8-18)5-6-17-12/h1-8H. The summed E-state index contributed by atoms with van der Waals surface area (Å²) in [5, 5.41) is 0. The van der Waals surface area contributed by atoms with E-state index in [0.29, 0.717) is 23.1 Å². The van der Waals surface area contributed by atoms with Crippen molar-refractivity contribution in [2.75, 3.05) is 0 Å². The lowest BCUT2D eigenvalue weighted by atomic mass is 10.1. The van der Waals surface area contributed by atoms with Crippen molar-refractivity contribution in [2.45, 2.75) is 6.18 Å². The molecule has 92 valence electrons. The number of benzene rings is 1. The van der Waals surface area contributed by atoms with Crippen LogP contribution in [0.15, 0.2) is 42.6 Å². The number of carbonyl (C=O) groups excluding carboxylic acids is 1. The van der Waals surface area contributed by atoms with Crippen molar-refractivity contribution < 1.29 is 18.0 Å². The number of nitrogens with zero attached hydrogens (tertiary/aromatic N) is 1. The zero-order valence-electron chi connectivity index (χ0n) is 9.11. The highest BCUT2D eigenvalue weighted by Crippen LogP contribution is 2.30. The molecule has 2 aromatic rings. The molecule has 0 unspecified atom stereocenters. The van der Waals surface area contributed by atoms with Crippen LogP contribution in [0, 0.1) is 0 Å². The maximum Gasteiger partial charge on any atom is 0.416 e. The van der Waals surface area contributed by atoms with E-state index in [4.69, 9.17) is 0 Å². The van der Waals surface area contributed by atoms with Gasteiger partial charge in [0.2, 0.25) is 0 Å². The molecule has 0 N–H and O–H groups in total. The maximum atomic E-state index is 12.4. The summed E-state index contributed by atoms with van der Waals surface area (Å²) in [5.41, 5.74) is 0.720. The van der Waals surface area contributed by atoms with Gasteiger partial charge in [-0.3, -0.25) is 9.78 Å². The lowest BCUT2D eigenvalue weighted by molar-refractivity contribution is -0.137. The van der Waals surface area contributed by atoms with E-state index in [1.54, 1.807) is 0 Å². The quantitative estimate of drug-likeness (QED) is 0.763. The highest BCUT2D eigenvalue weighted by atomic mass is 19.4. The molecular formula is C13H8F3NO. The first-order valence-corrected chi connectivity index (χ1v) is 5.09. The van der Waals surface area contributed by atoms with Gasteiger partial charge >= 0.3 is 6.18 Å². The van der Waals surface area contributed by atoms with Crippen molar-refractivity contribution in [3.8, 4) is 11.3 Å². The lowest BCUT2D eigenvalue weighted by Gasteiger charge is -2.07. The van der Waals surface area contributed by atoms with Gasteiger partial charge in [0, 0.05) is 17.3 Å². The third-order valence-corrected chi connectivity index (χ3v) is 2.43. The van der Waals surface area contributed by atoms with Crippen LogP contribution >= 0.6 is 0 Å². The average Bonchev–Trinajstić information content (AvgIpc) is 2.38. The van der Waals surface area contributed by atoms with E-state index in [1.807, 2.05) is 0 Å². The van der Waals surface area contributed by atoms with Crippen LogP contribution in [0.1, 0.15) is 15.9 Å². The summed E-state index contributed by atoms with van der Waals surface area (Å²) in [5.74, 6) is 0. The van der Waals surface area contributed by atoms with E-state index in [1.165, 1.54) is 30.5 Å². The fraction of sp³-hybridized carbons (Fsp3) is 0.0769. The van der Waals surface area contributed by atoms with Gasteiger partial charge in [0.05, 0.1) is 11.3 Å². The number of hydrogen-bond acceptors (Lipinski definition) is 2. The highest BCUT2D eigenvalue weighted by molar-refractivity contribution is 5.77. The van der Waals surface area contributed by atoms with Gasteiger partial charge in [0.25, 0.3) is 0 Å². The second-order valence-corrected chi connectivity index (χ2v) is 3.67.